The Morgan fingerprint density at radius 3 is 2.29 bits per heavy atom. The first-order chi connectivity index (χ1) is 9.91. The van der Waals surface area contributed by atoms with Crippen LogP contribution in [0.15, 0.2) is 53.4 Å². The second-order valence-corrected chi connectivity index (χ2v) is 6.47. The van der Waals surface area contributed by atoms with Gasteiger partial charge in [0.1, 0.15) is 5.82 Å². The molecule has 0 aliphatic rings. The number of hydrogen-bond donors (Lipinski definition) is 0. The van der Waals surface area contributed by atoms with Gasteiger partial charge in [-0.15, -0.1) is 0 Å². The maximum Gasteiger partial charge on any atom is 0.270 e. The molecule has 2 aromatic rings. The summed E-state index contributed by atoms with van der Waals surface area (Å²) in [7, 11) is -2.37. The van der Waals surface area contributed by atoms with Crippen LogP contribution in [0.2, 0.25) is 0 Å². The smallest absolute Gasteiger partial charge is 0.227 e. The fourth-order valence-corrected chi connectivity index (χ4v) is 2.59. The number of halogens is 1. The molecule has 2 rings (SSSR count). The molecule has 21 heavy (non-hydrogen) atoms. The molecule has 0 bridgehead atoms. The van der Waals surface area contributed by atoms with Gasteiger partial charge >= 0.3 is 0 Å². The lowest BCUT2D eigenvalue weighted by molar-refractivity contribution is 0.547. The minimum atomic E-state index is -3.70. The molecule has 5 heteroatoms. The Bertz CT molecular complexity index is 802. The number of hydrogen-bond acceptors (Lipinski definition) is 2. The molecule has 0 heterocycles. The van der Waals surface area contributed by atoms with Crippen molar-refractivity contribution >= 4 is 10.0 Å². The summed E-state index contributed by atoms with van der Waals surface area (Å²) in [5.41, 5.74) is 1.12. The zero-order chi connectivity index (χ0) is 15.5. The van der Waals surface area contributed by atoms with E-state index < -0.39 is 15.8 Å². The van der Waals surface area contributed by atoms with E-state index >= 15 is 0 Å². The van der Waals surface area contributed by atoms with Gasteiger partial charge in [-0.3, -0.25) is 0 Å². The van der Waals surface area contributed by atoms with Gasteiger partial charge in [-0.1, -0.05) is 29.8 Å². The van der Waals surface area contributed by atoms with Crippen LogP contribution in [0.3, 0.4) is 0 Å². The van der Waals surface area contributed by atoms with E-state index in [0.717, 1.165) is 9.87 Å². The lowest BCUT2D eigenvalue weighted by Crippen LogP contribution is -2.22. The van der Waals surface area contributed by atoms with Gasteiger partial charge < -0.3 is 0 Å². The van der Waals surface area contributed by atoms with E-state index in [1.54, 1.807) is 24.3 Å². The van der Waals surface area contributed by atoms with Gasteiger partial charge in [-0.05, 0) is 37.1 Å². The Labute approximate surface area is 124 Å². The molecule has 0 aliphatic heterocycles. The first-order valence-electron chi connectivity index (χ1n) is 6.23. The second-order valence-electron chi connectivity index (χ2n) is 4.50. The van der Waals surface area contributed by atoms with E-state index in [1.807, 2.05) is 6.92 Å². The van der Waals surface area contributed by atoms with Gasteiger partial charge in [0.2, 0.25) is 0 Å². The second kappa shape index (κ2) is 5.98. The lowest BCUT2D eigenvalue weighted by atomic mass is 10.2. The van der Waals surface area contributed by atoms with Crippen LogP contribution in [0.4, 0.5) is 4.39 Å². The van der Waals surface area contributed by atoms with E-state index in [4.69, 9.17) is 0 Å². The Morgan fingerprint density at radius 1 is 1.05 bits per heavy atom. The third-order valence-corrected chi connectivity index (χ3v) is 4.58. The van der Waals surface area contributed by atoms with Crippen molar-refractivity contribution < 1.29 is 12.8 Å². The molecule has 0 saturated carbocycles. The molecule has 108 valence electrons. The predicted octanol–water partition coefficient (Wildman–Crippen LogP) is 2.76. The van der Waals surface area contributed by atoms with Gasteiger partial charge in [-0.25, -0.2) is 17.1 Å². The molecular formula is C16H14FNO2S. The average Bonchev–Trinajstić information content (AvgIpc) is 2.46. The van der Waals surface area contributed by atoms with E-state index in [-0.39, 0.29) is 10.5 Å². The molecule has 0 N–H and O–H groups in total. The molecule has 0 amide bonds. The van der Waals surface area contributed by atoms with Crippen molar-refractivity contribution in [3.63, 3.8) is 0 Å². The van der Waals surface area contributed by atoms with E-state index in [0.29, 0.717) is 0 Å². The van der Waals surface area contributed by atoms with Gasteiger partial charge in [0.25, 0.3) is 10.0 Å². The minimum Gasteiger partial charge on any atom is -0.227 e. The first-order valence-corrected chi connectivity index (χ1v) is 7.67. The van der Waals surface area contributed by atoms with E-state index in [2.05, 4.69) is 12.0 Å². The number of rotatable bonds is 2. The number of sulfonamides is 1. The molecule has 0 aromatic heterocycles. The van der Waals surface area contributed by atoms with Crippen LogP contribution in [-0.4, -0.2) is 19.8 Å². The molecule has 0 aliphatic carbocycles. The van der Waals surface area contributed by atoms with Crippen LogP contribution < -0.4 is 0 Å². The summed E-state index contributed by atoms with van der Waals surface area (Å²) in [6.45, 7) is 1.87. The maximum absolute atomic E-state index is 13.4. The maximum atomic E-state index is 13.4. The normalized spacial score (nSPS) is 10.6. The molecule has 0 unspecified atom stereocenters. The first kappa shape index (κ1) is 15.1. The largest absolute Gasteiger partial charge is 0.270 e. The zero-order valence-corrected chi connectivity index (χ0v) is 12.5. The summed E-state index contributed by atoms with van der Waals surface area (Å²) in [4.78, 5) is 0.151. The van der Waals surface area contributed by atoms with Crippen molar-refractivity contribution in [1.29, 1.82) is 0 Å². The number of aryl methyl sites for hydroxylation is 1. The fraction of sp³-hybridized carbons (Fsp3) is 0.125. The Kier molecular flexibility index (Phi) is 4.29. The lowest BCUT2D eigenvalue weighted by Gasteiger charge is -2.12. The molecule has 0 saturated heterocycles. The van der Waals surface area contributed by atoms with E-state index in [1.165, 1.54) is 31.3 Å². The summed E-state index contributed by atoms with van der Waals surface area (Å²) in [6.07, 6.45) is 0. The monoisotopic (exact) mass is 303 g/mol. The van der Waals surface area contributed by atoms with Gasteiger partial charge in [0.15, 0.2) is 0 Å². The summed E-state index contributed by atoms with van der Waals surface area (Å²) < 4.78 is 38.9. The molecule has 0 spiro atoms. The number of nitrogens with zero attached hydrogens (tertiary/aromatic N) is 1. The van der Waals surface area contributed by atoms with Crippen LogP contribution in [0.25, 0.3) is 0 Å². The minimum absolute atomic E-state index is 0.151. The topological polar surface area (TPSA) is 37.4 Å². The summed E-state index contributed by atoms with van der Waals surface area (Å²) in [5.74, 6) is 2.04. The average molecular weight is 303 g/mol. The van der Waals surface area contributed by atoms with Gasteiger partial charge in [-0.2, -0.15) is 0 Å². The highest BCUT2D eigenvalue weighted by Gasteiger charge is 2.17. The molecule has 0 atom stereocenters. The summed E-state index contributed by atoms with van der Waals surface area (Å²) >= 11 is 0. The van der Waals surface area contributed by atoms with Gasteiger partial charge in [0.05, 0.1) is 10.5 Å². The van der Waals surface area contributed by atoms with Crippen LogP contribution in [0, 0.1) is 24.7 Å². The van der Waals surface area contributed by atoms with Crippen molar-refractivity contribution in [1.82, 2.24) is 4.31 Å². The van der Waals surface area contributed by atoms with Crippen LogP contribution in [0.1, 0.15) is 11.1 Å². The molecule has 2 aromatic carbocycles. The van der Waals surface area contributed by atoms with Crippen molar-refractivity contribution in [3.05, 3.63) is 65.5 Å². The Morgan fingerprint density at radius 2 is 1.67 bits per heavy atom. The molecular weight excluding hydrogens is 289 g/mol. The highest BCUT2D eigenvalue weighted by molar-refractivity contribution is 7.89. The third kappa shape index (κ3) is 3.41. The van der Waals surface area contributed by atoms with Crippen molar-refractivity contribution in [2.45, 2.75) is 11.8 Å². The molecule has 0 radical (unpaired) electrons. The predicted molar refractivity (Wildman–Crippen MR) is 79.4 cm³/mol. The van der Waals surface area contributed by atoms with Crippen molar-refractivity contribution in [3.8, 4) is 12.0 Å². The van der Waals surface area contributed by atoms with Gasteiger partial charge in [0, 0.05) is 13.1 Å². The summed E-state index contributed by atoms with van der Waals surface area (Å²) in [6, 6.07) is 14.9. The molecule has 3 nitrogen and oxygen atoms in total. The SMILES string of the molecule is Cc1ccc(S(=O)(=O)N(C)C#Cc2ccccc2F)cc1. The van der Waals surface area contributed by atoms with Crippen molar-refractivity contribution in [2.24, 2.45) is 0 Å². The zero-order valence-electron chi connectivity index (χ0n) is 11.7. The standard InChI is InChI=1S/C16H14FNO2S/c1-13-7-9-15(10-8-13)21(19,20)18(2)12-11-14-5-3-4-6-16(14)17/h3-10H,1-2H3. The Hall–Kier alpha value is -2.32. The highest BCUT2D eigenvalue weighted by Crippen LogP contribution is 2.14. The number of benzene rings is 2. The highest BCUT2D eigenvalue weighted by atomic mass is 32.2. The van der Waals surface area contributed by atoms with E-state index in [9.17, 15) is 12.8 Å². The summed E-state index contributed by atoms with van der Waals surface area (Å²) in [5, 5.41) is 0. The van der Waals surface area contributed by atoms with Crippen LogP contribution >= 0.6 is 0 Å². The Balaban J connectivity index is 2.30. The fourth-order valence-electron chi connectivity index (χ4n) is 1.63. The van der Waals surface area contributed by atoms with Crippen LogP contribution in [0.5, 0.6) is 0 Å². The van der Waals surface area contributed by atoms with Crippen LogP contribution in [-0.2, 0) is 10.0 Å². The quantitative estimate of drug-likeness (QED) is 0.632. The molecule has 0 fully saturated rings. The van der Waals surface area contributed by atoms with Crippen molar-refractivity contribution in [2.75, 3.05) is 7.05 Å². The third-order valence-electron chi connectivity index (χ3n) is 2.90.